The lowest BCUT2D eigenvalue weighted by atomic mass is 9.72. The zero-order chi connectivity index (χ0) is 18.9. The summed E-state index contributed by atoms with van der Waals surface area (Å²) in [7, 11) is 0. The van der Waals surface area contributed by atoms with Crippen molar-refractivity contribution < 1.29 is 4.79 Å². The molecule has 140 valence electrons. The van der Waals surface area contributed by atoms with E-state index < -0.39 is 5.91 Å². The summed E-state index contributed by atoms with van der Waals surface area (Å²) in [6, 6.07) is 13.5. The van der Waals surface area contributed by atoms with Gasteiger partial charge in [-0.1, -0.05) is 29.8 Å². The van der Waals surface area contributed by atoms with E-state index in [1.807, 2.05) is 54.2 Å². The van der Waals surface area contributed by atoms with Crippen molar-refractivity contribution in [2.75, 3.05) is 16.8 Å². The highest BCUT2D eigenvalue weighted by atomic mass is 35.5. The van der Waals surface area contributed by atoms with E-state index in [1.54, 1.807) is 0 Å². The average Bonchev–Trinajstić information content (AvgIpc) is 2.66. The number of nitrogens with zero attached hydrogens (tertiary/aromatic N) is 1. The summed E-state index contributed by atoms with van der Waals surface area (Å²) >= 11 is 8.12. The number of thioether (sulfide) groups is 1. The highest BCUT2D eigenvalue weighted by Gasteiger charge is 2.41. The molecule has 0 bridgehead atoms. The van der Waals surface area contributed by atoms with Crippen LogP contribution in [0.5, 0.6) is 0 Å². The Balaban J connectivity index is 1.69. The molecule has 1 fully saturated rings. The smallest absolute Gasteiger partial charge is 0.248 e. The molecule has 27 heavy (non-hydrogen) atoms. The van der Waals surface area contributed by atoms with Gasteiger partial charge in [-0.15, -0.1) is 0 Å². The zero-order valence-electron chi connectivity index (χ0n) is 15.0. The van der Waals surface area contributed by atoms with Gasteiger partial charge in [-0.2, -0.15) is 11.8 Å². The number of carbonyl (C=O) groups is 1. The molecule has 1 saturated heterocycles. The summed E-state index contributed by atoms with van der Waals surface area (Å²) in [6.07, 6.45) is 3.16. The van der Waals surface area contributed by atoms with Gasteiger partial charge in [-0.05, 0) is 66.2 Å². The maximum atomic E-state index is 11.6. The molecule has 2 aromatic carbocycles. The molecule has 3 N–H and O–H groups in total. The molecule has 2 aromatic rings. The third kappa shape index (κ3) is 3.85. The Hall–Kier alpha value is -1.98. The van der Waals surface area contributed by atoms with Crippen LogP contribution in [0.2, 0.25) is 5.02 Å². The summed E-state index contributed by atoms with van der Waals surface area (Å²) in [5.41, 5.74) is 9.29. The maximum absolute atomic E-state index is 11.6. The summed E-state index contributed by atoms with van der Waals surface area (Å²) in [4.78, 5) is 16.5. The number of primary amides is 1. The number of carbonyl (C=O) groups excluding carboxylic acids is 1. The van der Waals surface area contributed by atoms with E-state index in [2.05, 4.69) is 5.32 Å². The lowest BCUT2D eigenvalue weighted by Gasteiger charge is -2.42. The Morgan fingerprint density at radius 3 is 2.78 bits per heavy atom. The number of nitrogens with two attached hydrogens (primary N) is 1. The number of aliphatic imine (C=N–C) groups is 1. The van der Waals surface area contributed by atoms with Crippen LogP contribution in [0.25, 0.3) is 0 Å². The number of nitrogens with one attached hydrogen (secondary N) is 1. The van der Waals surface area contributed by atoms with E-state index >= 15 is 0 Å². The fraction of sp³-hybridized carbons (Fsp3) is 0.333. The number of hydrogen-bond acceptors (Lipinski definition) is 3. The number of amides is 1. The topological polar surface area (TPSA) is 67.5 Å². The summed E-state index contributed by atoms with van der Waals surface area (Å²) < 4.78 is 0. The van der Waals surface area contributed by atoms with Crippen molar-refractivity contribution in [3.63, 3.8) is 0 Å². The standard InChI is InChI=1S/C21H22ClN3OS/c22-17-3-1-2-14(10-17)13-24-20-21(6-8-27-9-7-21)12-16-5-4-15(19(23)26)11-18(16)25-20/h1-5,10-11H,6-9,12-13H2,(H2,23,26)(H,24,25). The molecule has 0 atom stereocenters. The first-order chi connectivity index (χ1) is 13.1. The largest absolute Gasteiger partial charge is 0.366 e. The van der Waals surface area contributed by atoms with Gasteiger partial charge in [-0.3, -0.25) is 9.79 Å². The number of anilines is 1. The van der Waals surface area contributed by atoms with Crippen LogP contribution in [0.1, 0.15) is 34.3 Å². The van der Waals surface area contributed by atoms with E-state index in [9.17, 15) is 4.79 Å². The molecule has 1 amide bonds. The third-order valence-electron chi connectivity index (χ3n) is 5.44. The summed E-state index contributed by atoms with van der Waals surface area (Å²) in [5.74, 6) is 2.90. The van der Waals surface area contributed by atoms with Crippen LogP contribution in [0, 0.1) is 5.41 Å². The lowest BCUT2D eigenvalue weighted by Crippen LogP contribution is -2.44. The van der Waals surface area contributed by atoms with Crippen LogP contribution in [0.4, 0.5) is 5.69 Å². The van der Waals surface area contributed by atoms with Crippen molar-refractivity contribution in [3.8, 4) is 0 Å². The average molecular weight is 400 g/mol. The van der Waals surface area contributed by atoms with Crippen LogP contribution >= 0.6 is 23.4 Å². The first kappa shape index (κ1) is 18.4. The minimum absolute atomic E-state index is 0.0467. The maximum Gasteiger partial charge on any atom is 0.248 e. The van der Waals surface area contributed by atoms with Crippen molar-refractivity contribution >= 4 is 40.8 Å². The summed E-state index contributed by atoms with van der Waals surface area (Å²) in [5, 5.41) is 4.26. The van der Waals surface area contributed by atoms with Crippen molar-refractivity contribution in [1.82, 2.24) is 0 Å². The molecule has 2 heterocycles. The number of rotatable bonds is 3. The third-order valence-corrected chi connectivity index (χ3v) is 6.66. The van der Waals surface area contributed by atoms with Gasteiger partial charge in [0.1, 0.15) is 5.84 Å². The first-order valence-corrected chi connectivity index (χ1v) is 10.7. The molecular weight excluding hydrogens is 378 g/mol. The van der Waals surface area contributed by atoms with Gasteiger partial charge in [0.15, 0.2) is 0 Å². The zero-order valence-corrected chi connectivity index (χ0v) is 16.6. The Morgan fingerprint density at radius 1 is 1.22 bits per heavy atom. The van der Waals surface area contributed by atoms with Crippen LogP contribution in [-0.2, 0) is 13.0 Å². The fourth-order valence-corrected chi connectivity index (χ4v) is 5.38. The molecular formula is C21H22ClN3OS. The van der Waals surface area contributed by atoms with Gasteiger partial charge in [0.05, 0.1) is 6.54 Å². The number of fused-ring (bicyclic) bond motifs is 1. The van der Waals surface area contributed by atoms with Crippen LogP contribution in [0.3, 0.4) is 0 Å². The first-order valence-electron chi connectivity index (χ1n) is 9.13. The van der Waals surface area contributed by atoms with E-state index in [1.165, 1.54) is 5.56 Å². The minimum atomic E-state index is -0.411. The Kier molecular flexibility index (Phi) is 5.15. The predicted octanol–water partition coefficient (Wildman–Crippen LogP) is 4.52. The molecule has 2 aliphatic heterocycles. The normalized spacial score (nSPS) is 19.5. The SMILES string of the molecule is NC(=O)c1ccc2c(c1)NC(=NCc1cccc(Cl)c1)C1(CCSCC1)C2. The fourth-order valence-electron chi connectivity index (χ4n) is 3.90. The second-order valence-electron chi connectivity index (χ2n) is 7.23. The van der Waals surface area contributed by atoms with Crippen molar-refractivity contribution in [1.29, 1.82) is 0 Å². The van der Waals surface area contributed by atoms with E-state index in [4.69, 9.17) is 22.3 Å². The van der Waals surface area contributed by atoms with Gasteiger partial charge >= 0.3 is 0 Å². The number of halogens is 1. The van der Waals surface area contributed by atoms with Gasteiger partial charge in [0.2, 0.25) is 5.91 Å². The predicted molar refractivity (Wildman–Crippen MR) is 114 cm³/mol. The van der Waals surface area contributed by atoms with Gasteiger partial charge in [0.25, 0.3) is 0 Å². The monoisotopic (exact) mass is 399 g/mol. The van der Waals surface area contributed by atoms with Gasteiger partial charge < -0.3 is 11.1 Å². The second-order valence-corrected chi connectivity index (χ2v) is 8.89. The quantitative estimate of drug-likeness (QED) is 0.797. The van der Waals surface area contributed by atoms with Gasteiger partial charge in [-0.25, -0.2) is 0 Å². The van der Waals surface area contributed by atoms with Gasteiger partial charge in [0, 0.05) is 21.7 Å². The lowest BCUT2D eigenvalue weighted by molar-refractivity contribution is 0.100. The molecule has 0 aliphatic carbocycles. The minimum Gasteiger partial charge on any atom is -0.366 e. The Labute approximate surface area is 168 Å². The van der Waals surface area contributed by atoms with Crippen molar-refractivity contribution in [2.45, 2.75) is 25.8 Å². The summed E-state index contributed by atoms with van der Waals surface area (Å²) in [6.45, 7) is 0.586. The van der Waals surface area contributed by atoms with E-state index in [0.29, 0.717) is 12.1 Å². The molecule has 4 rings (SSSR count). The van der Waals surface area contributed by atoms with Crippen LogP contribution in [0.15, 0.2) is 47.5 Å². The molecule has 2 aliphatic rings. The van der Waals surface area contributed by atoms with Crippen LogP contribution in [-0.4, -0.2) is 23.2 Å². The van der Waals surface area contributed by atoms with Crippen molar-refractivity contribution in [2.24, 2.45) is 16.1 Å². The molecule has 0 radical (unpaired) electrons. The molecule has 0 saturated carbocycles. The van der Waals surface area contributed by atoms with Crippen LogP contribution < -0.4 is 11.1 Å². The Morgan fingerprint density at radius 2 is 2.04 bits per heavy atom. The number of amidine groups is 1. The number of benzene rings is 2. The highest BCUT2D eigenvalue weighted by Crippen LogP contribution is 2.44. The molecule has 0 aromatic heterocycles. The second kappa shape index (κ2) is 7.56. The highest BCUT2D eigenvalue weighted by molar-refractivity contribution is 7.99. The molecule has 0 unspecified atom stereocenters. The molecule has 4 nitrogen and oxygen atoms in total. The van der Waals surface area contributed by atoms with E-state index in [-0.39, 0.29) is 5.41 Å². The number of hydrogen-bond donors (Lipinski definition) is 2. The molecule has 1 spiro atoms. The molecule has 6 heteroatoms. The Bertz CT molecular complexity index is 906. The van der Waals surface area contributed by atoms with E-state index in [0.717, 1.165) is 52.9 Å². The van der Waals surface area contributed by atoms with Crippen molar-refractivity contribution in [3.05, 3.63) is 64.2 Å².